The summed E-state index contributed by atoms with van der Waals surface area (Å²) in [6, 6.07) is 12.9. The van der Waals surface area contributed by atoms with E-state index >= 15 is 0 Å². The summed E-state index contributed by atoms with van der Waals surface area (Å²) >= 11 is 0. The number of ether oxygens (including phenoxy) is 7. The second kappa shape index (κ2) is 25.7. The molecule has 0 saturated heterocycles. The Labute approximate surface area is 404 Å². The van der Waals surface area contributed by atoms with Crippen molar-refractivity contribution < 1.29 is 47.5 Å². The van der Waals surface area contributed by atoms with Crippen molar-refractivity contribution in [2.75, 3.05) is 61.5 Å². The Morgan fingerprint density at radius 1 is 0.809 bits per heavy atom. The highest BCUT2D eigenvalue weighted by atomic mass is 16.7. The van der Waals surface area contributed by atoms with Gasteiger partial charge < -0.3 is 54.4 Å². The van der Waals surface area contributed by atoms with Gasteiger partial charge >= 0.3 is 6.09 Å². The van der Waals surface area contributed by atoms with Gasteiger partial charge in [0.1, 0.15) is 6.61 Å². The number of benzene rings is 3. The van der Waals surface area contributed by atoms with E-state index in [4.69, 9.17) is 38.9 Å². The smallest absolute Gasteiger partial charge is 0.408 e. The normalized spacial score (nSPS) is 17.1. The van der Waals surface area contributed by atoms with Crippen LogP contribution in [-0.2, 0) is 40.3 Å². The van der Waals surface area contributed by atoms with E-state index in [1.807, 2.05) is 58.0 Å². The lowest BCUT2D eigenvalue weighted by atomic mass is 9.87. The summed E-state index contributed by atoms with van der Waals surface area (Å²) in [4.78, 5) is 43.3. The van der Waals surface area contributed by atoms with Crippen molar-refractivity contribution in [1.82, 2.24) is 20.4 Å². The van der Waals surface area contributed by atoms with Crippen molar-refractivity contribution in [2.24, 2.45) is 29.4 Å². The number of ketones is 1. The number of methoxy groups -OCH3 is 2. The lowest BCUT2D eigenvalue weighted by Gasteiger charge is -2.35. The molecule has 1 unspecified atom stereocenters. The number of fused-ring (bicyclic) bond motifs is 4. The largest absolute Gasteiger partial charge is 0.492 e. The lowest BCUT2D eigenvalue weighted by Crippen LogP contribution is -2.45. The van der Waals surface area contributed by atoms with Gasteiger partial charge in [0, 0.05) is 55.7 Å². The molecule has 4 heterocycles. The number of Topliss-reactive ketones (excluding diaryl/α,β-unsaturated/α-hetero) is 1. The molecule has 0 fully saturated rings. The predicted molar refractivity (Wildman–Crippen MR) is 264 cm³/mol. The van der Waals surface area contributed by atoms with Crippen molar-refractivity contribution in [2.45, 2.75) is 111 Å². The van der Waals surface area contributed by atoms with Gasteiger partial charge in [-0.3, -0.25) is 14.5 Å². The second-order valence-corrected chi connectivity index (χ2v) is 19.3. The quantitative estimate of drug-likeness (QED) is 0.105. The van der Waals surface area contributed by atoms with E-state index in [1.54, 1.807) is 20.3 Å². The van der Waals surface area contributed by atoms with Crippen LogP contribution in [0.3, 0.4) is 0 Å². The number of nitrogens with zero attached hydrogens (tertiary/aromatic N) is 2. The summed E-state index contributed by atoms with van der Waals surface area (Å²) < 4.78 is 38.2. The van der Waals surface area contributed by atoms with Crippen molar-refractivity contribution in [3.8, 4) is 34.5 Å². The molecule has 4 atom stereocenters. The number of nitrogens with one attached hydrogen (secondary N) is 2. The molecule has 3 aromatic rings. The van der Waals surface area contributed by atoms with E-state index in [0.717, 1.165) is 78.8 Å². The molecule has 0 radical (unpaired) electrons. The molecule has 4 N–H and O–H groups in total. The molecule has 4 aliphatic heterocycles. The zero-order valence-electron chi connectivity index (χ0n) is 42.1. The fourth-order valence-corrected chi connectivity index (χ4v) is 9.11. The number of carbonyl (C=O) groups is 3. The Hall–Kier alpha value is -5.51. The van der Waals surface area contributed by atoms with Gasteiger partial charge in [-0.05, 0) is 92.8 Å². The molecule has 15 heteroatoms. The Morgan fingerprint density at radius 3 is 2.00 bits per heavy atom. The Balaban J connectivity index is 0.000000210. The van der Waals surface area contributed by atoms with E-state index < -0.39 is 18.1 Å². The number of amides is 2. The van der Waals surface area contributed by atoms with Crippen LogP contribution in [-0.4, -0.2) is 101 Å². The van der Waals surface area contributed by atoms with Crippen molar-refractivity contribution >= 4 is 17.8 Å². The van der Waals surface area contributed by atoms with Crippen LogP contribution in [0.15, 0.2) is 55.1 Å². The standard InChI is InChI=1S/C28H44N2O4.C13H18N2O3.C12H15NO3/c1-8-24(15-20(4)5)29-27(32)23(14-19(2)3)17-26(31)25(16-21(6)7)30-28(33)34-18-22-12-10-9-11-13-22;1-15-4-3-8-5-10-12(18-7-17-10)13(16-2)11(8)9(15)6-14;1-13-4-3-8-5-10-12(16-7-15-10)11(14-2)9(8)6-13/h8-13,19-21,23-25H,1,14-18H2,2-7H3,(H,29,32)(H,30,33);5,9H,3-4,6-7,14H2,1-2H3;5H,3-4,6-7H2,1-2H3/t23-,24-,25+;;/m1../s1. The lowest BCUT2D eigenvalue weighted by molar-refractivity contribution is -0.131. The monoisotopic (exact) mass is 944 g/mol. The van der Waals surface area contributed by atoms with Gasteiger partial charge in [0.05, 0.1) is 26.3 Å². The number of hydrogen-bond donors (Lipinski definition) is 3. The van der Waals surface area contributed by atoms with Gasteiger partial charge in [-0.1, -0.05) is 78.0 Å². The van der Waals surface area contributed by atoms with Crippen LogP contribution in [0.25, 0.3) is 0 Å². The molecular weight excluding hydrogens is 867 g/mol. The Morgan fingerprint density at radius 2 is 1.41 bits per heavy atom. The van der Waals surface area contributed by atoms with Crippen LogP contribution >= 0.6 is 0 Å². The molecule has 0 saturated carbocycles. The summed E-state index contributed by atoms with van der Waals surface area (Å²) in [5.41, 5.74) is 11.7. The number of rotatable bonds is 18. The van der Waals surface area contributed by atoms with Crippen LogP contribution in [0.1, 0.15) is 101 Å². The summed E-state index contributed by atoms with van der Waals surface area (Å²) in [6.07, 6.45) is 5.09. The summed E-state index contributed by atoms with van der Waals surface area (Å²) in [5.74, 6) is 4.81. The third-order valence-electron chi connectivity index (χ3n) is 12.5. The minimum atomic E-state index is -0.698. The maximum absolute atomic E-state index is 13.2. The topological polar surface area (TPSA) is 172 Å². The van der Waals surface area contributed by atoms with Crippen molar-refractivity contribution in [3.05, 3.63) is 82.9 Å². The van der Waals surface area contributed by atoms with Gasteiger partial charge in [0.25, 0.3) is 0 Å². The van der Waals surface area contributed by atoms with Crippen LogP contribution < -0.4 is 44.8 Å². The zero-order chi connectivity index (χ0) is 49.5. The molecule has 374 valence electrons. The third-order valence-corrected chi connectivity index (χ3v) is 12.5. The first-order valence-electron chi connectivity index (χ1n) is 24.1. The summed E-state index contributed by atoms with van der Waals surface area (Å²) in [6.45, 7) is 20.3. The Kier molecular flexibility index (Phi) is 20.2. The summed E-state index contributed by atoms with van der Waals surface area (Å²) in [5, 5.41) is 5.78. The molecule has 7 rings (SSSR count). The van der Waals surface area contributed by atoms with Gasteiger partial charge in [0.15, 0.2) is 28.8 Å². The molecule has 15 nitrogen and oxygen atoms in total. The average molecular weight is 944 g/mol. The molecule has 3 aromatic carbocycles. The number of alkyl carbamates (subject to hydrolysis) is 1. The van der Waals surface area contributed by atoms with Crippen LogP contribution in [0.5, 0.6) is 34.5 Å². The number of carbonyl (C=O) groups excluding carboxylic acids is 3. The van der Waals surface area contributed by atoms with Gasteiger partial charge in [-0.2, -0.15) is 0 Å². The SMILES string of the molecule is C=C[C@H](CC(C)C)NC(=O)[C@@H](CC(=O)[C@H](CC(C)C)NC(=O)OCc1ccccc1)CC(C)C.COc1c2c(cc3c1C(CN)N(C)CC3)OCO2.COc1c2c(cc3c1OCO3)CCN(C)C2. The first kappa shape index (κ1) is 53.4. The van der Waals surface area contributed by atoms with Gasteiger partial charge in [-0.25, -0.2) is 4.79 Å². The minimum absolute atomic E-state index is 0.0753. The zero-order valence-corrected chi connectivity index (χ0v) is 42.1. The molecule has 0 spiro atoms. The van der Waals surface area contributed by atoms with Crippen molar-refractivity contribution in [1.29, 1.82) is 0 Å². The highest BCUT2D eigenvalue weighted by Crippen LogP contribution is 2.49. The fraction of sp³-hybridized carbons (Fsp3) is 0.566. The van der Waals surface area contributed by atoms with E-state index in [0.29, 0.717) is 37.8 Å². The number of likely N-dealkylation sites (N-methyl/N-ethyl adjacent to an activating group) is 2. The Bertz CT molecular complexity index is 2150. The first-order valence-corrected chi connectivity index (χ1v) is 24.1. The number of hydrogen-bond acceptors (Lipinski definition) is 13. The van der Waals surface area contributed by atoms with Crippen molar-refractivity contribution in [3.63, 3.8) is 0 Å². The predicted octanol–water partition coefficient (Wildman–Crippen LogP) is 7.99. The molecular formula is C53H77N5O10. The van der Waals surface area contributed by atoms with E-state index in [1.165, 1.54) is 16.7 Å². The first-order chi connectivity index (χ1) is 32.6. The van der Waals surface area contributed by atoms with E-state index in [-0.39, 0.29) is 55.4 Å². The van der Waals surface area contributed by atoms with E-state index in [2.05, 4.69) is 67.1 Å². The maximum atomic E-state index is 13.2. The van der Waals surface area contributed by atoms with Gasteiger partial charge in [-0.15, -0.1) is 6.58 Å². The molecule has 4 aliphatic rings. The van der Waals surface area contributed by atoms with Crippen LogP contribution in [0.2, 0.25) is 0 Å². The third kappa shape index (κ3) is 14.5. The molecule has 0 aliphatic carbocycles. The fourth-order valence-electron chi connectivity index (χ4n) is 9.11. The van der Waals surface area contributed by atoms with Crippen LogP contribution in [0, 0.1) is 23.7 Å². The van der Waals surface area contributed by atoms with E-state index in [9.17, 15) is 14.4 Å². The average Bonchev–Trinajstić information content (AvgIpc) is 3.99. The molecule has 2 amide bonds. The second-order valence-electron chi connectivity index (χ2n) is 19.3. The number of nitrogens with two attached hydrogens (primary N) is 1. The van der Waals surface area contributed by atoms with Crippen LogP contribution in [0.4, 0.5) is 4.79 Å². The van der Waals surface area contributed by atoms with Gasteiger partial charge in [0.2, 0.25) is 31.0 Å². The molecule has 0 aromatic heterocycles. The highest BCUT2D eigenvalue weighted by Gasteiger charge is 2.34. The highest BCUT2D eigenvalue weighted by molar-refractivity contribution is 5.91. The molecule has 68 heavy (non-hydrogen) atoms. The summed E-state index contributed by atoms with van der Waals surface area (Å²) in [7, 11) is 7.56. The molecule has 0 bridgehead atoms. The minimum Gasteiger partial charge on any atom is -0.492 e. The maximum Gasteiger partial charge on any atom is 0.408 e.